The molecule has 4 heteroatoms. The van der Waals surface area contributed by atoms with Crippen molar-refractivity contribution in [3.63, 3.8) is 0 Å². The molecule has 0 heterocycles. The summed E-state index contributed by atoms with van der Waals surface area (Å²) >= 11 is 0. The van der Waals surface area contributed by atoms with Crippen molar-refractivity contribution in [2.45, 2.75) is 24.7 Å². The van der Waals surface area contributed by atoms with Crippen molar-refractivity contribution >= 4 is 15.7 Å². The summed E-state index contributed by atoms with van der Waals surface area (Å²) < 4.78 is 30.2. The number of hydrogen-bond acceptors (Lipinski definition) is 2. The van der Waals surface area contributed by atoms with Crippen molar-refractivity contribution in [3.05, 3.63) is 101 Å². The van der Waals surface area contributed by atoms with E-state index in [0.29, 0.717) is 5.71 Å². The number of aryl methyl sites for hydroxylation is 3. The van der Waals surface area contributed by atoms with E-state index in [1.807, 2.05) is 43.3 Å². The lowest BCUT2D eigenvalue weighted by molar-refractivity contribution is 0.598. The van der Waals surface area contributed by atoms with E-state index in [0.717, 1.165) is 40.7 Å². The second-order valence-corrected chi connectivity index (χ2v) is 8.15. The van der Waals surface area contributed by atoms with Gasteiger partial charge in [-0.15, -0.1) is 0 Å². The molecule has 0 fully saturated rings. The molecule has 0 saturated heterocycles. The molecule has 0 N–H and O–H groups in total. The molecule has 130 valence electrons. The maximum atomic E-state index is 13.0. The molecule has 0 bridgehead atoms. The van der Waals surface area contributed by atoms with E-state index in [9.17, 15) is 8.42 Å². The monoisotopic (exact) mass is 361 g/mol. The van der Waals surface area contributed by atoms with Gasteiger partial charge in [-0.05, 0) is 43.0 Å². The fourth-order valence-electron chi connectivity index (χ4n) is 3.33. The van der Waals surface area contributed by atoms with Crippen LogP contribution in [0.5, 0.6) is 0 Å². The van der Waals surface area contributed by atoms with Crippen LogP contribution in [0.2, 0.25) is 0 Å². The predicted octanol–water partition coefficient (Wildman–Crippen LogP) is 4.32. The van der Waals surface area contributed by atoms with Crippen molar-refractivity contribution in [1.29, 1.82) is 0 Å². The highest BCUT2D eigenvalue weighted by Gasteiger charge is 2.22. The van der Waals surface area contributed by atoms with Gasteiger partial charge >= 0.3 is 0 Å². The first kappa shape index (κ1) is 16.7. The van der Waals surface area contributed by atoms with E-state index < -0.39 is 10.0 Å². The number of sulfonamides is 1. The Balaban J connectivity index is 1.95. The highest BCUT2D eigenvalue weighted by molar-refractivity contribution is 7.90. The fraction of sp³-hybridized carbons (Fsp3) is 0.136. The van der Waals surface area contributed by atoms with Gasteiger partial charge in [-0.2, -0.15) is 12.8 Å². The SMILES string of the molecule is Cc1ccc(S(=O)(=O)N=C2c3ccccc3CCc3ccccc32)cc1. The van der Waals surface area contributed by atoms with Crippen LogP contribution in [0.25, 0.3) is 0 Å². The maximum absolute atomic E-state index is 13.0. The molecule has 0 unspecified atom stereocenters. The topological polar surface area (TPSA) is 46.5 Å². The van der Waals surface area contributed by atoms with Crippen molar-refractivity contribution in [2.75, 3.05) is 0 Å². The molecule has 1 aliphatic carbocycles. The summed E-state index contributed by atoms with van der Waals surface area (Å²) in [5, 5.41) is 0. The lowest BCUT2D eigenvalue weighted by Gasteiger charge is -2.11. The molecule has 0 amide bonds. The highest BCUT2D eigenvalue weighted by atomic mass is 32.2. The summed E-state index contributed by atoms with van der Waals surface area (Å²) in [7, 11) is -3.79. The van der Waals surface area contributed by atoms with Crippen LogP contribution in [0.1, 0.15) is 27.8 Å². The van der Waals surface area contributed by atoms with Crippen molar-refractivity contribution in [3.8, 4) is 0 Å². The second-order valence-electron chi connectivity index (χ2n) is 6.54. The van der Waals surface area contributed by atoms with Crippen molar-refractivity contribution in [1.82, 2.24) is 0 Å². The zero-order valence-corrected chi connectivity index (χ0v) is 15.3. The Hall–Kier alpha value is -2.72. The van der Waals surface area contributed by atoms with E-state index >= 15 is 0 Å². The standard InChI is InChI=1S/C22H19NO2S/c1-16-10-14-19(15-11-16)26(24,25)23-22-20-8-4-2-6-17(20)12-13-18-7-3-5-9-21(18)22/h2-11,14-15H,12-13H2,1H3. The summed E-state index contributed by atoms with van der Waals surface area (Å²) in [5.41, 5.74) is 5.60. The Morgan fingerprint density at radius 2 is 1.23 bits per heavy atom. The first-order valence-corrected chi connectivity index (χ1v) is 10.1. The number of fused-ring (bicyclic) bond motifs is 2. The molecule has 3 nitrogen and oxygen atoms in total. The second kappa shape index (κ2) is 6.54. The highest BCUT2D eigenvalue weighted by Crippen LogP contribution is 2.27. The average molecular weight is 361 g/mol. The van der Waals surface area contributed by atoms with Gasteiger partial charge in [0.1, 0.15) is 0 Å². The Bertz CT molecular complexity index is 1050. The number of benzene rings is 3. The van der Waals surface area contributed by atoms with Crippen LogP contribution in [-0.2, 0) is 22.9 Å². The van der Waals surface area contributed by atoms with Gasteiger partial charge in [0.15, 0.2) is 0 Å². The van der Waals surface area contributed by atoms with Crippen LogP contribution in [0, 0.1) is 6.92 Å². The van der Waals surface area contributed by atoms with Crippen molar-refractivity contribution < 1.29 is 8.42 Å². The molecule has 26 heavy (non-hydrogen) atoms. The van der Waals surface area contributed by atoms with Gasteiger partial charge in [0.05, 0.1) is 10.6 Å². The Kier molecular flexibility index (Phi) is 4.21. The van der Waals surface area contributed by atoms with E-state index in [2.05, 4.69) is 16.5 Å². The summed E-state index contributed by atoms with van der Waals surface area (Å²) in [6, 6.07) is 22.7. The van der Waals surface area contributed by atoms with Gasteiger partial charge in [0.2, 0.25) is 0 Å². The smallest absolute Gasteiger partial charge is 0.199 e. The molecule has 0 aromatic heterocycles. The van der Waals surface area contributed by atoms with Gasteiger partial charge in [0.25, 0.3) is 10.0 Å². The van der Waals surface area contributed by atoms with Crippen LogP contribution in [0.3, 0.4) is 0 Å². The van der Waals surface area contributed by atoms with Crippen LogP contribution >= 0.6 is 0 Å². The molecule has 0 saturated carbocycles. The minimum Gasteiger partial charge on any atom is -0.199 e. The molecule has 1 aliphatic rings. The Labute approximate surface area is 154 Å². The molecule has 0 radical (unpaired) electrons. The molecular weight excluding hydrogens is 342 g/mol. The van der Waals surface area contributed by atoms with Crippen molar-refractivity contribution in [2.24, 2.45) is 4.40 Å². The number of nitrogens with zero attached hydrogens (tertiary/aromatic N) is 1. The van der Waals surface area contributed by atoms with Gasteiger partial charge < -0.3 is 0 Å². The first-order chi connectivity index (χ1) is 12.5. The fourth-order valence-corrected chi connectivity index (χ4v) is 4.36. The van der Waals surface area contributed by atoms with Gasteiger partial charge in [-0.3, -0.25) is 0 Å². The van der Waals surface area contributed by atoms with Crippen LogP contribution in [0.15, 0.2) is 82.1 Å². The molecule has 3 aromatic rings. The quantitative estimate of drug-likeness (QED) is 0.682. The third kappa shape index (κ3) is 3.08. The van der Waals surface area contributed by atoms with Crippen LogP contribution in [0.4, 0.5) is 0 Å². The lowest BCUT2D eigenvalue weighted by Crippen LogP contribution is -2.10. The van der Waals surface area contributed by atoms with Gasteiger partial charge in [0, 0.05) is 11.1 Å². The van der Waals surface area contributed by atoms with E-state index in [1.165, 1.54) is 0 Å². The number of hydrogen-bond donors (Lipinski definition) is 0. The maximum Gasteiger partial charge on any atom is 0.282 e. The minimum atomic E-state index is -3.79. The zero-order valence-electron chi connectivity index (χ0n) is 14.5. The largest absolute Gasteiger partial charge is 0.282 e. The van der Waals surface area contributed by atoms with Gasteiger partial charge in [-0.25, -0.2) is 0 Å². The Morgan fingerprint density at radius 1 is 0.731 bits per heavy atom. The van der Waals surface area contributed by atoms with Crippen LogP contribution in [-0.4, -0.2) is 14.1 Å². The van der Waals surface area contributed by atoms with E-state index in [4.69, 9.17) is 0 Å². The molecular formula is C22H19NO2S. The third-order valence-corrected chi connectivity index (χ3v) is 6.03. The minimum absolute atomic E-state index is 0.217. The molecule has 0 atom stereocenters. The van der Waals surface area contributed by atoms with Gasteiger partial charge in [-0.1, -0.05) is 66.2 Å². The summed E-state index contributed by atoms with van der Waals surface area (Å²) in [6.07, 6.45) is 1.74. The summed E-state index contributed by atoms with van der Waals surface area (Å²) in [6.45, 7) is 1.93. The van der Waals surface area contributed by atoms with Crippen LogP contribution < -0.4 is 0 Å². The lowest BCUT2D eigenvalue weighted by atomic mass is 9.98. The predicted molar refractivity (Wildman–Crippen MR) is 104 cm³/mol. The zero-order chi connectivity index (χ0) is 18.1. The van der Waals surface area contributed by atoms with E-state index in [1.54, 1.807) is 24.3 Å². The molecule has 3 aromatic carbocycles. The average Bonchev–Trinajstić information content (AvgIpc) is 2.80. The van der Waals surface area contributed by atoms with E-state index in [-0.39, 0.29) is 4.90 Å². The molecule has 4 rings (SSSR count). The molecule has 0 aliphatic heterocycles. The first-order valence-electron chi connectivity index (χ1n) is 8.63. The normalized spacial score (nSPS) is 13.5. The summed E-state index contributed by atoms with van der Waals surface area (Å²) in [4.78, 5) is 0.217. The summed E-state index contributed by atoms with van der Waals surface area (Å²) in [5.74, 6) is 0. The third-order valence-electron chi connectivity index (χ3n) is 4.74. The Morgan fingerprint density at radius 3 is 1.77 bits per heavy atom. The number of rotatable bonds is 2. The molecule has 0 spiro atoms.